The number of nitrogen functional groups attached to an aromatic ring is 1. The third kappa shape index (κ3) is 3.10. The quantitative estimate of drug-likeness (QED) is 0.794. The van der Waals surface area contributed by atoms with Crippen molar-refractivity contribution in [1.82, 2.24) is 4.98 Å². The molecule has 90 valence electrons. The Kier molecular flexibility index (Phi) is 3.81. The average Bonchev–Trinajstić information content (AvgIpc) is 2.60. The third-order valence-corrected chi connectivity index (χ3v) is 3.10. The molecule has 1 aromatic heterocycles. The zero-order valence-corrected chi connectivity index (χ0v) is 9.85. The lowest BCUT2D eigenvalue weighted by atomic mass is 10.1. The molecule has 1 aliphatic carbocycles. The fraction of sp³-hybridized carbons (Fsp3) is 0.538. The minimum Gasteiger partial charge on any atom is -0.474 e. The molecule has 1 saturated carbocycles. The molecule has 4 nitrogen and oxygen atoms in total. The summed E-state index contributed by atoms with van der Waals surface area (Å²) < 4.78 is 5.82. The highest BCUT2D eigenvalue weighted by molar-refractivity contribution is 5.50. The SMILES string of the molecule is N#Cc1nc(OC2CCCCCC2)ccc1N. The number of hydrogen-bond donors (Lipinski definition) is 1. The van der Waals surface area contributed by atoms with Crippen LogP contribution in [0.1, 0.15) is 44.2 Å². The zero-order valence-electron chi connectivity index (χ0n) is 9.85. The molecule has 1 aromatic rings. The highest BCUT2D eigenvalue weighted by Crippen LogP contribution is 2.22. The normalized spacial score (nSPS) is 17.1. The van der Waals surface area contributed by atoms with E-state index < -0.39 is 0 Å². The Morgan fingerprint density at radius 3 is 2.59 bits per heavy atom. The summed E-state index contributed by atoms with van der Waals surface area (Å²) in [5, 5.41) is 8.85. The van der Waals surface area contributed by atoms with E-state index in [0.29, 0.717) is 11.6 Å². The van der Waals surface area contributed by atoms with Crippen molar-refractivity contribution in [1.29, 1.82) is 5.26 Å². The first-order valence-corrected chi connectivity index (χ1v) is 6.13. The summed E-state index contributed by atoms with van der Waals surface area (Å²) in [6.07, 6.45) is 7.40. The van der Waals surface area contributed by atoms with Crippen LogP contribution in [-0.2, 0) is 0 Å². The Bertz CT molecular complexity index is 417. The summed E-state index contributed by atoms with van der Waals surface area (Å²) in [6, 6.07) is 5.38. The minimum absolute atomic E-state index is 0.236. The summed E-state index contributed by atoms with van der Waals surface area (Å²) in [7, 11) is 0. The van der Waals surface area contributed by atoms with Crippen LogP contribution < -0.4 is 10.5 Å². The molecule has 0 atom stereocenters. The Balaban J connectivity index is 2.05. The zero-order chi connectivity index (χ0) is 12.1. The summed E-state index contributed by atoms with van der Waals surface area (Å²) in [6.45, 7) is 0. The molecule has 0 unspecified atom stereocenters. The van der Waals surface area contributed by atoms with Crippen molar-refractivity contribution in [3.05, 3.63) is 17.8 Å². The number of nitriles is 1. The highest BCUT2D eigenvalue weighted by atomic mass is 16.5. The Morgan fingerprint density at radius 1 is 1.24 bits per heavy atom. The number of rotatable bonds is 2. The van der Waals surface area contributed by atoms with Gasteiger partial charge in [0.2, 0.25) is 5.88 Å². The van der Waals surface area contributed by atoms with E-state index >= 15 is 0 Å². The molecule has 2 N–H and O–H groups in total. The summed E-state index contributed by atoms with van der Waals surface area (Å²) >= 11 is 0. The van der Waals surface area contributed by atoms with Gasteiger partial charge in [-0.25, -0.2) is 4.98 Å². The summed E-state index contributed by atoms with van der Waals surface area (Å²) in [5.74, 6) is 0.516. The van der Waals surface area contributed by atoms with E-state index in [2.05, 4.69) is 4.98 Å². The Hall–Kier alpha value is -1.76. The Labute approximate surface area is 101 Å². The molecule has 0 amide bonds. The smallest absolute Gasteiger partial charge is 0.214 e. The van der Waals surface area contributed by atoms with Crippen LogP contribution in [0.3, 0.4) is 0 Å². The van der Waals surface area contributed by atoms with Gasteiger partial charge in [-0.1, -0.05) is 12.8 Å². The molecular formula is C13H17N3O. The van der Waals surface area contributed by atoms with Crippen LogP contribution in [0.4, 0.5) is 5.69 Å². The van der Waals surface area contributed by atoms with Gasteiger partial charge >= 0.3 is 0 Å². The number of nitrogens with zero attached hydrogens (tertiary/aromatic N) is 2. The number of pyridine rings is 1. The maximum atomic E-state index is 8.85. The lowest BCUT2D eigenvalue weighted by molar-refractivity contribution is 0.176. The molecular weight excluding hydrogens is 214 g/mol. The number of anilines is 1. The fourth-order valence-corrected chi connectivity index (χ4v) is 2.14. The monoisotopic (exact) mass is 231 g/mol. The number of hydrogen-bond acceptors (Lipinski definition) is 4. The van der Waals surface area contributed by atoms with E-state index in [1.807, 2.05) is 6.07 Å². The molecule has 1 fully saturated rings. The molecule has 1 heterocycles. The molecule has 0 aliphatic heterocycles. The van der Waals surface area contributed by atoms with E-state index in [4.69, 9.17) is 15.7 Å². The van der Waals surface area contributed by atoms with Crippen LogP contribution in [0.25, 0.3) is 0 Å². The molecule has 0 bridgehead atoms. The van der Waals surface area contributed by atoms with Crippen molar-refractivity contribution in [2.24, 2.45) is 0 Å². The van der Waals surface area contributed by atoms with Crippen LogP contribution in [0.5, 0.6) is 5.88 Å². The second kappa shape index (κ2) is 5.53. The number of aromatic nitrogens is 1. The first-order valence-electron chi connectivity index (χ1n) is 6.13. The van der Waals surface area contributed by atoms with Crippen molar-refractivity contribution >= 4 is 5.69 Å². The van der Waals surface area contributed by atoms with E-state index in [1.54, 1.807) is 12.1 Å². The van der Waals surface area contributed by atoms with E-state index in [0.717, 1.165) is 12.8 Å². The van der Waals surface area contributed by atoms with Crippen LogP contribution in [0.2, 0.25) is 0 Å². The maximum Gasteiger partial charge on any atom is 0.214 e. The predicted octanol–water partition coefficient (Wildman–Crippen LogP) is 2.64. The molecule has 0 spiro atoms. The van der Waals surface area contributed by atoms with Crippen molar-refractivity contribution in [2.45, 2.75) is 44.6 Å². The molecule has 4 heteroatoms. The Morgan fingerprint density at radius 2 is 1.94 bits per heavy atom. The lowest BCUT2D eigenvalue weighted by Gasteiger charge is -2.16. The maximum absolute atomic E-state index is 8.85. The summed E-state index contributed by atoms with van der Waals surface area (Å²) in [5.41, 5.74) is 6.27. The van der Waals surface area contributed by atoms with Crippen molar-refractivity contribution in [3.8, 4) is 11.9 Å². The highest BCUT2D eigenvalue weighted by Gasteiger charge is 2.14. The van der Waals surface area contributed by atoms with Gasteiger partial charge in [0.05, 0.1) is 5.69 Å². The molecule has 2 rings (SSSR count). The van der Waals surface area contributed by atoms with Gasteiger partial charge in [-0.3, -0.25) is 0 Å². The molecule has 0 aromatic carbocycles. The van der Waals surface area contributed by atoms with Crippen molar-refractivity contribution in [2.75, 3.05) is 5.73 Å². The van der Waals surface area contributed by atoms with Gasteiger partial charge < -0.3 is 10.5 Å². The first-order chi connectivity index (χ1) is 8.29. The number of nitrogens with two attached hydrogens (primary N) is 1. The van der Waals surface area contributed by atoms with Gasteiger partial charge in [-0.15, -0.1) is 0 Å². The third-order valence-electron chi connectivity index (χ3n) is 3.10. The van der Waals surface area contributed by atoms with Gasteiger partial charge in [0.15, 0.2) is 5.69 Å². The topological polar surface area (TPSA) is 71.9 Å². The second-order valence-electron chi connectivity index (χ2n) is 4.43. The molecule has 0 saturated heterocycles. The van der Waals surface area contributed by atoms with E-state index in [9.17, 15) is 0 Å². The summed E-state index contributed by atoms with van der Waals surface area (Å²) in [4.78, 5) is 4.11. The van der Waals surface area contributed by atoms with E-state index in [-0.39, 0.29) is 11.8 Å². The number of ether oxygens (including phenoxy) is 1. The van der Waals surface area contributed by atoms with Crippen LogP contribution >= 0.6 is 0 Å². The van der Waals surface area contributed by atoms with Crippen molar-refractivity contribution < 1.29 is 4.74 Å². The van der Waals surface area contributed by atoms with Gasteiger partial charge in [0.25, 0.3) is 0 Å². The molecule has 17 heavy (non-hydrogen) atoms. The fourth-order valence-electron chi connectivity index (χ4n) is 2.14. The molecule has 1 aliphatic rings. The molecule has 0 radical (unpaired) electrons. The second-order valence-corrected chi connectivity index (χ2v) is 4.43. The van der Waals surface area contributed by atoms with Gasteiger partial charge in [0, 0.05) is 6.07 Å². The largest absolute Gasteiger partial charge is 0.474 e. The van der Waals surface area contributed by atoms with Gasteiger partial charge in [0.1, 0.15) is 12.2 Å². The van der Waals surface area contributed by atoms with E-state index in [1.165, 1.54) is 25.7 Å². The first kappa shape index (κ1) is 11.7. The average molecular weight is 231 g/mol. The van der Waals surface area contributed by atoms with Gasteiger partial charge in [-0.05, 0) is 31.7 Å². The minimum atomic E-state index is 0.236. The predicted molar refractivity (Wildman–Crippen MR) is 65.5 cm³/mol. The van der Waals surface area contributed by atoms with Gasteiger partial charge in [-0.2, -0.15) is 5.26 Å². The van der Waals surface area contributed by atoms with Crippen LogP contribution in [0, 0.1) is 11.3 Å². The standard InChI is InChI=1S/C13H17N3O/c14-9-12-11(15)7-8-13(16-12)17-10-5-3-1-2-4-6-10/h7-8,10H,1-6,15H2. The van der Waals surface area contributed by atoms with Crippen molar-refractivity contribution in [3.63, 3.8) is 0 Å². The van der Waals surface area contributed by atoms with Crippen LogP contribution in [0.15, 0.2) is 12.1 Å². The van der Waals surface area contributed by atoms with Crippen LogP contribution in [-0.4, -0.2) is 11.1 Å². The lowest BCUT2D eigenvalue weighted by Crippen LogP contribution is -2.16.